The summed E-state index contributed by atoms with van der Waals surface area (Å²) in [6.45, 7) is 2.30. The van der Waals surface area contributed by atoms with Crippen molar-refractivity contribution in [3.8, 4) is 0 Å². The van der Waals surface area contributed by atoms with Crippen LogP contribution in [0.15, 0.2) is 0 Å². The lowest BCUT2D eigenvalue weighted by molar-refractivity contribution is -0.120. The van der Waals surface area contributed by atoms with E-state index < -0.39 is 0 Å². The van der Waals surface area contributed by atoms with Crippen LogP contribution in [0.1, 0.15) is 26.2 Å². The highest BCUT2D eigenvalue weighted by Crippen LogP contribution is 2.01. The van der Waals surface area contributed by atoms with E-state index in [1.165, 1.54) is 0 Å². The molecule has 0 heterocycles. The largest absolute Gasteiger partial charge is 0.310 e. The Kier molecular flexibility index (Phi) is 10.8. The predicted octanol–water partition coefficient (Wildman–Crippen LogP) is 0.721. The number of unbranched alkanes of at least 4 members (excludes halogenated alkanes) is 1. The third kappa shape index (κ3) is 7.41. The summed E-state index contributed by atoms with van der Waals surface area (Å²) in [4.78, 5) is 22.8. The van der Waals surface area contributed by atoms with Gasteiger partial charge in [-0.25, -0.2) is 0 Å². The molecule has 2 N–H and O–H groups in total. The van der Waals surface area contributed by atoms with E-state index in [-0.39, 0.29) is 23.7 Å². The molecule has 0 bridgehead atoms. The number of carbonyl (C=O) groups excluding carboxylic acids is 2. The van der Waals surface area contributed by atoms with Crippen LogP contribution in [0.3, 0.4) is 0 Å². The number of Topliss-reactive ketones (excluding diaryl/α,β-unsaturated/α-hetero) is 2. The van der Waals surface area contributed by atoms with Crippen molar-refractivity contribution in [1.82, 2.24) is 10.6 Å². The fourth-order valence-corrected chi connectivity index (χ4v) is 2.34. The first-order valence-corrected chi connectivity index (χ1v) is 7.48. The highest BCUT2D eigenvalue weighted by atomic mass is 32.1. The van der Waals surface area contributed by atoms with Gasteiger partial charge in [0.25, 0.3) is 0 Å². The maximum atomic E-state index is 11.7. The zero-order valence-corrected chi connectivity index (χ0v) is 12.9. The van der Waals surface area contributed by atoms with Gasteiger partial charge in [-0.2, -0.15) is 25.3 Å². The second-order valence-electron chi connectivity index (χ2n) is 4.25. The number of likely N-dealkylation sites (N-methyl/N-ethyl adjacent to an activating group) is 1. The summed E-state index contributed by atoms with van der Waals surface area (Å²) in [5, 5.41) is 6.07. The molecule has 0 aromatic heterocycles. The molecule has 0 saturated heterocycles. The van der Waals surface area contributed by atoms with Gasteiger partial charge in [-0.15, -0.1) is 0 Å². The summed E-state index contributed by atoms with van der Waals surface area (Å²) in [6.07, 6.45) is 2.26. The molecule has 18 heavy (non-hydrogen) atoms. The Morgan fingerprint density at radius 2 is 1.72 bits per heavy atom. The van der Waals surface area contributed by atoms with Crippen molar-refractivity contribution in [1.29, 1.82) is 0 Å². The number of hydrogen-bond acceptors (Lipinski definition) is 6. The number of thiol groups is 2. The highest BCUT2D eigenvalue weighted by molar-refractivity contribution is 7.80. The van der Waals surface area contributed by atoms with Gasteiger partial charge in [0.15, 0.2) is 5.78 Å². The summed E-state index contributed by atoms with van der Waals surface area (Å²) in [7, 11) is 1.77. The summed E-state index contributed by atoms with van der Waals surface area (Å²) in [6, 6.07) is -0.324. The van der Waals surface area contributed by atoms with Gasteiger partial charge in [0.05, 0.1) is 12.1 Å². The summed E-state index contributed by atoms with van der Waals surface area (Å²) in [5.41, 5.74) is 0. The number of rotatable bonds is 11. The Morgan fingerprint density at radius 3 is 2.17 bits per heavy atom. The van der Waals surface area contributed by atoms with Crippen molar-refractivity contribution in [2.75, 3.05) is 25.1 Å². The highest BCUT2D eigenvalue weighted by Gasteiger charge is 2.14. The van der Waals surface area contributed by atoms with Crippen LogP contribution in [-0.4, -0.2) is 48.7 Å². The topological polar surface area (TPSA) is 58.2 Å². The van der Waals surface area contributed by atoms with Crippen molar-refractivity contribution < 1.29 is 9.59 Å². The minimum Gasteiger partial charge on any atom is -0.310 e. The molecule has 0 fully saturated rings. The van der Waals surface area contributed by atoms with Crippen molar-refractivity contribution in [3.63, 3.8) is 0 Å². The van der Waals surface area contributed by atoms with Crippen LogP contribution in [0.5, 0.6) is 0 Å². The van der Waals surface area contributed by atoms with E-state index >= 15 is 0 Å². The van der Waals surface area contributed by atoms with Gasteiger partial charge in [0, 0.05) is 17.9 Å². The first-order chi connectivity index (χ1) is 8.56. The molecule has 0 aliphatic carbocycles. The molecule has 106 valence electrons. The summed E-state index contributed by atoms with van der Waals surface area (Å²) >= 11 is 8.23. The van der Waals surface area contributed by atoms with Crippen molar-refractivity contribution in [2.24, 2.45) is 0 Å². The Hall–Kier alpha value is -0.0400. The van der Waals surface area contributed by atoms with E-state index in [1.54, 1.807) is 14.0 Å². The Bertz CT molecular complexity index is 258. The number of ketones is 2. The van der Waals surface area contributed by atoms with Crippen LogP contribution in [0.2, 0.25) is 0 Å². The van der Waals surface area contributed by atoms with Crippen molar-refractivity contribution in [3.05, 3.63) is 0 Å². The molecule has 0 amide bonds. The average Bonchev–Trinajstić information content (AvgIpc) is 2.34. The normalized spacial score (nSPS) is 14.2. The Morgan fingerprint density at radius 1 is 1.11 bits per heavy atom. The van der Waals surface area contributed by atoms with Gasteiger partial charge in [0.2, 0.25) is 0 Å². The van der Waals surface area contributed by atoms with Crippen molar-refractivity contribution >= 4 is 36.8 Å². The third-order valence-electron chi connectivity index (χ3n) is 2.83. The molecule has 0 rings (SSSR count). The smallest absolute Gasteiger partial charge is 0.150 e. The minimum absolute atomic E-state index is 0.103. The van der Waals surface area contributed by atoms with E-state index in [0.29, 0.717) is 17.9 Å². The molecular weight excluding hydrogens is 268 g/mol. The van der Waals surface area contributed by atoms with E-state index in [4.69, 9.17) is 0 Å². The lowest BCUT2D eigenvalue weighted by Crippen LogP contribution is -2.38. The maximum Gasteiger partial charge on any atom is 0.150 e. The first kappa shape index (κ1) is 18.0. The molecule has 0 aliphatic heterocycles. The van der Waals surface area contributed by atoms with Crippen LogP contribution in [0.25, 0.3) is 0 Å². The molecule has 6 heteroatoms. The standard InChI is InChI=1S/C12H24N2O2S2/c1-9(15)10(7-17)14-6-4-3-5-12(16)11(8-18)13-2/h10-11,13-14,17-18H,3-8H2,1-2H3. The second-order valence-corrected chi connectivity index (χ2v) is 4.98. The fourth-order valence-electron chi connectivity index (χ4n) is 1.57. The van der Waals surface area contributed by atoms with Gasteiger partial charge < -0.3 is 10.6 Å². The fraction of sp³-hybridized carbons (Fsp3) is 0.833. The van der Waals surface area contributed by atoms with E-state index in [1.807, 2.05) is 0 Å². The van der Waals surface area contributed by atoms with Crippen molar-refractivity contribution in [2.45, 2.75) is 38.3 Å². The molecule has 0 radical (unpaired) electrons. The van der Waals surface area contributed by atoms with Gasteiger partial charge >= 0.3 is 0 Å². The molecule has 0 spiro atoms. The van der Waals surface area contributed by atoms with Crippen LogP contribution in [0, 0.1) is 0 Å². The maximum absolute atomic E-state index is 11.7. The molecule has 2 atom stereocenters. The monoisotopic (exact) mass is 292 g/mol. The van der Waals surface area contributed by atoms with Gasteiger partial charge in [0.1, 0.15) is 5.78 Å². The molecule has 2 unspecified atom stereocenters. The Labute approximate surface area is 120 Å². The molecule has 0 aromatic carbocycles. The van der Waals surface area contributed by atoms with Gasteiger partial charge in [-0.1, -0.05) is 0 Å². The zero-order chi connectivity index (χ0) is 14.0. The second kappa shape index (κ2) is 10.8. The predicted molar refractivity (Wildman–Crippen MR) is 81.9 cm³/mol. The Balaban J connectivity index is 3.67. The molecule has 0 aromatic rings. The average molecular weight is 292 g/mol. The van der Waals surface area contributed by atoms with Crippen LogP contribution < -0.4 is 10.6 Å². The quantitative estimate of drug-likeness (QED) is 0.335. The van der Waals surface area contributed by atoms with E-state index in [9.17, 15) is 9.59 Å². The van der Waals surface area contributed by atoms with E-state index in [2.05, 4.69) is 35.9 Å². The molecule has 4 nitrogen and oxygen atoms in total. The molecule has 0 aliphatic rings. The third-order valence-corrected chi connectivity index (χ3v) is 3.56. The SMILES string of the molecule is CNC(CS)C(=O)CCCCNC(CS)C(C)=O. The summed E-state index contributed by atoms with van der Waals surface area (Å²) < 4.78 is 0. The first-order valence-electron chi connectivity index (χ1n) is 6.22. The number of hydrogen-bond donors (Lipinski definition) is 4. The van der Waals surface area contributed by atoms with Gasteiger partial charge in [-0.05, 0) is 33.4 Å². The van der Waals surface area contributed by atoms with Crippen LogP contribution in [0.4, 0.5) is 0 Å². The summed E-state index contributed by atoms with van der Waals surface area (Å²) in [5.74, 6) is 1.34. The zero-order valence-electron chi connectivity index (χ0n) is 11.1. The number of carbonyl (C=O) groups is 2. The lowest BCUT2D eigenvalue weighted by atomic mass is 10.1. The van der Waals surface area contributed by atoms with Gasteiger partial charge in [-0.3, -0.25) is 9.59 Å². The van der Waals surface area contributed by atoms with E-state index in [0.717, 1.165) is 19.4 Å². The molecule has 0 saturated carbocycles. The number of nitrogens with one attached hydrogen (secondary N) is 2. The van der Waals surface area contributed by atoms with Crippen LogP contribution >= 0.6 is 25.3 Å². The van der Waals surface area contributed by atoms with Crippen LogP contribution in [-0.2, 0) is 9.59 Å². The lowest BCUT2D eigenvalue weighted by Gasteiger charge is -2.14. The minimum atomic E-state index is -0.175. The molecular formula is C12H24N2O2S2.